The van der Waals surface area contributed by atoms with Gasteiger partial charge in [0.05, 0.1) is 6.61 Å². The van der Waals surface area contributed by atoms with Crippen molar-refractivity contribution in [3.05, 3.63) is 33.9 Å². The molecule has 1 atom stereocenters. The predicted molar refractivity (Wildman–Crippen MR) is 86.3 cm³/mol. The molecule has 0 spiro atoms. The van der Waals surface area contributed by atoms with E-state index in [9.17, 15) is 4.79 Å². The first-order chi connectivity index (χ1) is 10.4. The Morgan fingerprint density at radius 3 is 2.86 bits per heavy atom. The summed E-state index contributed by atoms with van der Waals surface area (Å²) in [6, 6.07) is 2.17. The lowest BCUT2D eigenvalue weighted by atomic mass is 9.89. The van der Waals surface area contributed by atoms with Crippen LogP contribution in [0.3, 0.4) is 0 Å². The molecule has 0 radical (unpaired) electrons. The standard InChI is InChI=1S/C19H26O3/c1-5-6-7-21-18-14-8-13-9-19(3,4)10-15(13)12(2)17(14)16(20)11-22-18/h8,18H,5-7,9-11H2,1-4H3/t18-/m0/s1. The smallest absolute Gasteiger partial charge is 0.189 e. The summed E-state index contributed by atoms with van der Waals surface area (Å²) < 4.78 is 11.5. The van der Waals surface area contributed by atoms with Crippen LogP contribution < -0.4 is 0 Å². The molecule has 0 aromatic heterocycles. The van der Waals surface area contributed by atoms with Crippen LogP contribution in [-0.4, -0.2) is 19.0 Å². The molecule has 120 valence electrons. The van der Waals surface area contributed by atoms with Gasteiger partial charge in [-0.15, -0.1) is 0 Å². The molecule has 0 bridgehead atoms. The van der Waals surface area contributed by atoms with Crippen LogP contribution >= 0.6 is 0 Å². The Labute approximate surface area is 133 Å². The summed E-state index contributed by atoms with van der Waals surface area (Å²) in [6.07, 6.45) is 3.84. The van der Waals surface area contributed by atoms with Gasteiger partial charge < -0.3 is 9.47 Å². The van der Waals surface area contributed by atoms with E-state index < -0.39 is 0 Å². The van der Waals surface area contributed by atoms with E-state index in [4.69, 9.17) is 9.47 Å². The third-order valence-electron chi connectivity index (χ3n) is 4.82. The number of fused-ring (bicyclic) bond motifs is 2. The van der Waals surface area contributed by atoms with E-state index in [-0.39, 0.29) is 24.1 Å². The number of ether oxygens (including phenoxy) is 2. The van der Waals surface area contributed by atoms with Gasteiger partial charge >= 0.3 is 0 Å². The minimum Gasteiger partial charge on any atom is -0.348 e. The lowest BCUT2D eigenvalue weighted by Crippen LogP contribution is -2.26. The Hall–Kier alpha value is -1.19. The molecule has 0 N–H and O–H groups in total. The highest BCUT2D eigenvalue weighted by Gasteiger charge is 2.36. The number of carbonyl (C=O) groups is 1. The van der Waals surface area contributed by atoms with E-state index in [1.165, 1.54) is 11.1 Å². The Balaban J connectivity index is 1.99. The van der Waals surface area contributed by atoms with Crippen LogP contribution in [0.15, 0.2) is 6.07 Å². The third-order valence-corrected chi connectivity index (χ3v) is 4.82. The molecule has 22 heavy (non-hydrogen) atoms. The summed E-state index contributed by atoms with van der Waals surface area (Å²) in [4.78, 5) is 12.4. The molecule has 1 aliphatic heterocycles. The van der Waals surface area contributed by atoms with E-state index in [1.54, 1.807) is 0 Å². The number of hydrogen-bond donors (Lipinski definition) is 0. The summed E-state index contributed by atoms with van der Waals surface area (Å²) in [5, 5.41) is 0. The maximum atomic E-state index is 12.4. The molecule has 3 rings (SSSR count). The number of rotatable bonds is 4. The highest BCUT2D eigenvalue weighted by Crippen LogP contribution is 2.42. The zero-order valence-corrected chi connectivity index (χ0v) is 14.1. The molecule has 1 aliphatic carbocycles. The molecule has 3 nitrogen and oxygen atoms in total. The largest absolute Gasteiger partial charge is 0.348 e. The van der Waals surface area contributed by atoms with Crippen LogP contribution in [0, 0.1) is 12.3 Å². The molecule has 1 aromatic rings. The van der Waals surface area contributed by atoms with Crippen molar-refractivity contribution < 1.29 is 14.3 Å². The van der Waals surface area contributed by atoms with Crippen molar-refractivity contribution in [2.75, 3.05) is 13.2 Å². The van der Waals surface area contributed by atoms with Crippen molar-refractivity contribution in [3.8, 4) is 0 Å². The second kappa shape index (κ2) is 5.78. The topological polar surface area (TPSA) is 35.5 Å². The van der Waals surface area contributed by atoms with E-state index >= 15 is 0 Å². The zero-order valence-electron chi connectivity index (χ0n) is 14.1. The minimum atomic E-state index is -0.382. The molecule has 1 heterocycles. The zero-order chi connectivity index (χ0) is 15.9. The van der Waals surface area contributed by atoms with Crippen LogP contribution in [0.25, 0.3) is 0 Å². The van der Waals surface area contributed by atoms with Crippen LogP contribution in [0.4, 0.5) is 0 Å². The summed E-state index contributed by atoms with van der Waals surface area (Å²) >= 11 is 0. The fraction of sp³-hybridized carbons (Fsp3) is 0.632. The SMILES string of the molecule is CCCCO[C@H]1OCC(=O)c2c1cc1c(c2C)CC(C)(C)C1. The van der Waals surface area contributed by atoms with Gasteiger partial charge in [-0.2, -0.15) is 0 Å². The van der Waals surface area contributed by atoms with Gasteiger partial charge in [0.15, 0.2) is 12.1 Å². The van der Waals surface area contributed by atoms with Gasteiger partial charge in [0.1, 0.15) is 6.61 Å². The molecule has 1 aromatic carbocycles. The fourth-order valence-electron chi connectivity index (χ4n) is 3.76. The summed E-state index contributed by atoms with van der Waals surface area (Å²) in [5.41, 5.74) is 5.95. The van der Waals surface area contributed by atoms with Crippen LogP contribution in [0.1, 0.15) is 72.5 Å². The highest BCUT2D eigenvalue weighted by atomic mass is 16.7. The average Bonchev–Trinajstić information content (AvgIpc) is 2.76. The van der Waals surface area contributed by atoms with Crippen molar-refractivity contribution in [3.63, 3.8) is 0 Å². The second-order valence-electron chi connectivity index (χ2n) is 7.41. The Morgan fingerprint density at radius 1 is 1.36 bits per heavy atom. The highest BCUT2D eigenvalue weighted by molar-refractivity contribution is 6.01. The molecule has 0 unspecified atom stereocenters. The average molecular weight is 302 g/mol. The number of Topliss-reactive ketones (excluding diaryl/α,β-unsaturated/α-hetero) is 1. The second-order valence-corrected chi connectivity index (χ2v) is 7.41. The van der Waals surface area contributed by atoms with E-state index in [2.05, 4.69) is 33.8 Å². The van der Waals surface area contributed by atoms with Crippen molar-refractivity contribution in [2.24, 2.45) is 5.41 Å². The van der Waals surface area contributed by atoms with Gasteiger partial charge in [0.25, 0.3) is 0 Å². The van der Waals surface area contributed by atoms with Gasteiger partial charge in [0, 0.05) is 11.1 Å². The van der Waals surface area contributed by atoms with Crippen molar-refractivity contribution in [1.29, 1.82) is 0 Å². The Bertz CT molecular complexity index is 601. The molecular weight excluding hydrogens is 276 g/mol. The maximum Gasteiger partial charge on any atom is 0.189 e. The number of carbonyl (C=O) groups excluding carboxylic acids is 1. The third kappa shape index (κ3) is 2.72. The fourth-order valence-corrected chi connectivity index (χ4v) is 3.76. The molecule has 3 heteroatoms. The molecule has 0 saturated heterocycles. The van der Waals surface area contributed by atoms with Crippen molar-refractivity contribution >= 4 is 5.78 Å². The summed E-state index contributed by atoms with van der Waals surface area (Å²) in [5.74, 6) is 0.0929. The minimum absolute atomic E-state index is 0.0929. The van der Waals surface area contributed by atoms with E-state index in [0.29, 0.717) is 6.61 Å². The van der Waals surface area contributed by atoms with E-state index in [1.807, 2.05) is 0 Å². The normalized spacial score (nSPS) is 22.5. The number of ketones is 1. The molecular formula is C19H26O3. The quantitative estimate of drug-likeness (QED) is 0.784. The molecule has 0 fully saturated rings. The van der Waals surface area contributed by atoms with Gasteiger partial charge in [-0.3, -0.25) is 4.79 Å². The summed E-state index contributed by atoms with van der Waals surface area (Å²) in [7, 11) is 0. The predicted octanol–water partition coefficient (Wildman–Crippen LogP) is 4.15. The lowest BCUT2D eigenvalue weighted by molar-refractivity contribution is -0.144. The van der Waals surface area contributed by atoms with Gasteiger partial charge in [-0.05, 0) is 54.4 Å². The summed E-state index contributed by atoms with van der Waals surface area (Å²) in [6.45, 7) is 9.62. The van der Waals surface area contributed by atoms with Gasteiger partial charge in [-0.1, -0.05) is 27.2 Å². The number of benzene rings is 1. The number of unbranched alkanes of at least 4 members (excludes halogenated alkanes) is 1. The number of hydrogen-bond acceptors (Lipinski definition) is 3. The first-order valence-electron chi connectivity index (χ1n) is 8.34. The van der Waals surface area contributed by atoms with Crippen LogP contribution in [0.2, 0.25) is 0 Å². The van der Waals surface area contributed by atoms with Crippen molar-refractivity contribution in [1.82, 2.24) is 0 Å². The molecule has 0 saturated carbocycles. The van der Waals surface area contributed by atoms with Gasteiger partial charge in [-0.25, -0.2) is 0 Å². The van der Waals surface area contributed by atoms with Gasteiger partial charge in [0.2, 0.25) is 0 Å². The molecule has 0 amide bonds. The van der Waals surface area contributed by atoms with E-state index in [0.717, 1.165) is 42.4 Å². The van der Waals surface area contributed by atoms with Crippen LogP contribution in [-0.2, 0) is 22.3 Å². The van der Waals surface area contributed by atoms with Crippen LogP contribution in [0.5, 0.6) is 0 Å². The monoisotopic (exact) mass is 302 g/mol. The lowest BCUT2D eigenvalue weighted by Gasteiger charge is -2.27. The first kappa shape index (κ1) is 15.7. The Morgan fingerprint density at radius 2 is 2.14 bits per heavy atom. The van der Waals surface area contributed by atoms with Crippen molar-refractivity contribution in [2.45, 2.75) is 59.7 Å². The molecule has 2 aliphatic rings. The first-order valence-corrected chi connectivity index (χ1v) is 8.34. The Kier molecular flexibility index (Phi) is 4.13. The maximum absolute atomic E-state index is 12.4.